The van der Waals surface area contributed by atoms with Crippen LogP contribution in [0, 0.1) is 11.3 Å². The van der Waals surface area contributed by atoms with Crippen molar-refractivity contribution < 1.29 is 31.1 Å². The number of rotatable bonds is 13. The minimum absolute atomic E-state index is 0.0112. The Balaban J connectivity index is 0.00000187. The van der Waals surface area contributed by atoms with Crippen molar-refractivity contribution in [1.29, 1.82) is 0 Å². The minimum Gasteiger partial charge on any atom is -0.494 e. The Morgan fingerprint density at radius 1 is 1.07 bits per heavy atom. The monoisotopic (exact) mass is 613 g/mol. The SMILES string of the molecule is C=CCC(=O)C1(S(=O)(=O)c2ccc(OCCCS(=O)(=O)N3CCC(C(C)(C)CC)CC3)cc2)CCOCC1.CCC. The Bertz CT molecular complexity index is 1180. The van der Waals surface area contributed by atoms with Crippen LogP contribution >= 0.6 is 0 Å². The van der Waals surface area contributed by atoms with Gasteiger partial charge < -0.3 is 9.47 Å². The lowest BCUT2D eigenvalue weighted by Crippen LogP contribution is -2.50. The molecule has 2 aliphatic heterocycles. The predicted octanol–water partition coefficient (Wildman–Crippen LogP) is 5.82. The summed E-state index contributed by atoms with van der Waals surface area (Å²) >= 11 is 0. The summed E-state index contributed by atoms with van der Waals surface area (Å²) in [7, 11) is -7.30. The highest BCUT2D eigenvalue weighted by atomic mass is 32.2. The van der Waals surface area contributed by atoms with Gasteiger partial charge in [0.2, 0.25) is 10.0 Å². The van der Waals surface area contributed by atoms with Gasteiger partial charge in [0.05, 0.1) is 17.3 Å². The molecule has 0 radical (unpaired) electrons. The topological polar surface area (TPSA) is 107 Å². The number of Topliss-reactive ketones (excluding diaryl/α,β-unsaturated/α-hetero) is 1. The van der Waals surface area contributed by atoms with E-state index in [0.29, 0.717) is 31.2 Å². The fourth-order valence-electron chi connectivity index (χ4n) is 5.42. The summed E-state index contributed by atoms with van der Waals surface area (Å²) in [5.41, 5.74) is 0.227. The quantitative estimate of drug-likeness (QED) is 0.204. The number of piperidine rings is 1. The van der Waals surface area contributed by atoms with Crippen LogP contribution in [-0.4, -0.2) is 70.3 Å². The largest absolute Gasteiger partial charge is 0.494 e. The van der Waals surface area contributed by atoms with E-state index in [1.54, 1.807) is 16.4 Å². The number of benzene rings is 1. The molecule has 1 aromatic carbocycles. The van der Waals surface area contributed by atoms with E-state index in [4.69, 9.17) is 9.47 Å². The predicted molar refractivity (Wildman–Crippen MR) is 164 cm³/mol. The second-order valence-electron chi connectivity index (χ2n) is 11.7. The lowest BCUT2D eigenvalue weighted by Gasteiger charge is -2.39. The Hall–Kier alpha value is -1.75. The molecule has 1 aromatic rings. The number of sulfonamides is 1. The number of ketones is 1. The van der Waals surface area contributed by atoms with Crippen molar-refractivity contribution in [3.63, 3.8) is 0 Å². The van der Waals surface area contributed by atoms with Crippen molar-refractivity contribution in [3.8, 4) is 5.75 Å². The molecule has 41 heavy (non-hydrogen) atoms. The number of ether oxygens (including phenoxy) is 2. The average Bonchev–Trinajstić information content (AvgIpc) is 2.96. The molecule has 234 valence electrons. The van der Waals surface area contributed by atoms with Crippen LogP contribution in [0.4, 0.5) is 0 Å². The van der Waals surface area contributed by atoms with Crippen molar-refractivity contribution in [2.75, 3.05) is 38.7 Å². The van der Waals surface area contributed by atoms with Gasteiger partial charge in [0, 0.05) is 32.7 Å². The first-order chi connectivity index (χ1) is 19.3. The molecule has 2 aliphatic rings. The van der Waals surface area contributed by atoms with Gasteiger partial charge in [-0.25, -0.2) is 21.1 Å². The number of sulfone groups is 1. The lowest BCUT2D eigenvalue weighted by atomic mass is 9.72. The normalized spacial score (nSPS) is 18.7. The summed E-state index contributed by atoms with van der Waals surface area (Å²) in [5.74, 6) is 0.630. The zero-order valence-electron chi connectivity index (χ0n) is 25.7. The van der Waals surface area contributed by atoms with Crippen LogP contribution in [0.25, 0.3) is 0 Å². The number of carbonyl (C=O) groups is 1. The van der Waals surface area contributed by atoms with Gasteiger partial charge in [0.1, 0.15) is 10.5 Å². The summed E-state index contributed by atoms with van der Waals surface area (Å²) in [6.07, 6.45) is 6.09. The highest BCUT2D eigenvalue weighted by Crippen LogP contribution is 2.39. The van der Waals surface area contributed by atoms with Crippen LogP contribution in [0.1, 0.15) is 86.0 Å². The summed E-state index contributed by atoms with van der Waals surface area (Å²) in [5, 5.41) is 0. The molecule has 8 nitrogen and oxygen atoms in total. The van der Waals surface area contributed by atoms with Gasteiger partial charge in [0.15, 0.2) is 15.6 Å². The molecular formula is C31H51NO7S2. The van der Waals surface area contributed by atoms with Crippen molar-refractivity contribution in [2.45, 2.75) is 95.6 Å². The van der Waals surface area contributed by atoms with Crippen LogP contribution in [0.5, 0.6) is 5.75 Å². The Kier molecular flexibility index (Phi) is 13.5. The summed E-state index contributed by atoms with van der Waals surface area (Å²) in [6.45, 7) is 16.3. The zero-order chi connectivity index (χ0) is 30.7. The van der Waals surface area contributed by atoms with E-state index in [0.717, 1.165) is 19.3 Å². The van der Waals surface area contributed by atoms with E-state index in [1.165, 1.54) is 24.6 Å². The molecule has 2 heterocycles. The van der Waals surface area contributed by atoms with E-state index < -0.39 is 24.6 Å². The first kappa shape index (κ1) is 35.4. The fourth-order valence-corrected chi connectivity index (χ4v) is 8.96. The maximum Gasteiger partial charge on any atom is 0.214 e. The highest BCUT2D eigenvalue weighted by Gasteiger charge is 2.51. The molecule has 3 rings (SSSR count). The molecule has 2 fully saturated rings. The van der Waals surface area contributed by atoms with Crippen LogP contribution in [0.3, 0.4) is 0 Å². The number of hydrogen-bond acceptors (Lipinski definition) is 7. The van der Waals surface area contributed by atoms with Gasteiger partial charge in [0.25, 0.3) is 0 Å². The molecule has 0 saturated carbocycles. The van der Waals surface area contributed by atoms with Crippen LogP contribution in [-0.2, 0) is 29.4 Å². The third-order valence-electron chi connectivity index (χ3n) is 8.47. The van der Waals surface area contributed by atoms with Crippen molar-refractivity contribution in [3.05, 3.63) is 36.9 Å². The number of nitrogens with zero attached hydrogens (tertiary/aromatic N) is 1. The molecule has 0 aromatic heterocycles. The minimum atomic E-state index is -3.95. The van der Waals surface area contributed by atoms with E-state index in [1.807, 2.05) is 0 Å². The summed E-state index contributed by atoms with van der Waals surface area (Å²) in [6, 6.07) is 5.99. The van der Waals surface area contributed by atoms with E-state index >= 15 is 0 Å². The van der Waals surface area contributed by atoms with Gasteiger partial charge in [-0.05, 0) is 67.7 Å². The second kappa shape index (κ2) is 15.6. The molecular weight excluding hydrogens is 562 g/mol. The number of allylic oxidation sites excluding steroid dienone is 1. The molecule has 0 spiro atoms. The third kappa shape index (κ3) is 8.88. The van der Waals surface area contributed by atoms with Crippen LogP contribution in [0.2, 0.25) is 0 Å². The first-order valence-corrected chi connectivity index (χ1v) is 18.1. The third-order valence-corrected chi connectivity index (χ3v) is 13.0. The number of hydrogen-bond donors (Lipinski definition) is 0. The van der Waals surface area contributed by atoms with E-state index in [9.17, 15) is 21.6 Å². The van der Waals surface area contributed by atoms with Crippen molar-refractivity contribution in [2.24, 2.45) is 11.3 Å². The van der Waals surface area contributed by atoms with Crippen LogP contribution < -0.4 is 4.74 Å². The molecule has 0 unspecified atom stereocenters. The molecule has 0 amide bonds. The zero-order valence-corrected chi connectivity index (χ0v) is 27.3. The van der Waals surface area contributed by atoms with Gasteiger partial charge in [-0.1, -0.05) is 53.5 Å². The molecule has 10 heteroatoms. The molecule has 2 saturated heterocycles. The van der Waals surface area contributed by atoms with Crippen molar-refractivity contribution >= 4 is 25.6 Å². The maximum atomic E-state index is 13.5. The highest BCUT2D eigenvalue weighted by molar-refractivity contribution is 7.93. The van der Waals surface area contributed by atoms with Gasteiger partial charge in [-0.3, -0.25) is 4.79 Å². The smallest absolute Gasteiger partial charge is 0.214 e. The second-order valence-corrected chi connectivity index (χ2v) is 16.1. The number of carbonyl (C=O) groups excluding carboxylic acids is 1. The Morgan fingerprint density at radius 3 is 2.15 bits per heavy atom. The molecule has 0 N–H and O–H groups in total. The van der Waals surface area contributed by atoms with Gasteiger partial charge in [-0.2, -0.15) is 0 Å². The molecule has 0 bridgehead atoms. The fraction of sp³-hybridized carbons (Fsp3) is 0.710. The first-order valence-electron chi connectivity index (χ1n) is 15.0. The Labute approximate surface area is 248 Å². The van der Waals surface area contributed by atoms with E-state index in [2.05, 4.69) is 41.2 Å². The Morgan fingerprint density at radius 2 is 1.63 bits per heavy atom. The van der Waals surface area contributed by atoms with E-state index in [-0.39, 0.29) is 60.9 Å². The van der Waals surface area contributed by atoms with Crippen LogP contribution in [0.15, 0.2) is 41.8 Å². The summed E-state index contributed by atoms with van der Waals surface area (Å²) < 4.78 is 63.8. The molecule has 0 atom stereocenters. The maximum absolute atomic E-state index is 13.5. The average molecular weight is 614 g/mol. The summed E-state index contributed by atoms with van der Waals surface area (Å²) in [4.78, 5) is 12.9. The van der Waals surface area contributed by atoms with Gasteiger partial charge >= 0.3 is 0 Å². The molecule has 0 aliphatic carbocycles. The van der Waals surface area contributed by atoms with Crippen molar-refractivity contribution in [1.82, 2.24) is 4.31 Å². The lowest BCUT2D eigenvalue weighted by molar-refractivity contribution is -0.123. The van der Waals surface area contributed by atoms with Gasteiger partial charge in [-0.15, -0.1) is 6.58 Å². The standard InChI is InChI=1S/C28H43NO7S2.C3H8/c1-5-8-26(30)28(15-20-35-21-16-28)38(33,34)25-11-9-24(10-12-25)36-19-7-22-37(31,32)29-17-13-23(14-18-29)27(3,4)6-2;1-3-2/h5,9-12,23H,1,6-8,13-22H2,2-4H3;3H2,1-2H3.